The minimum atomic E-state index is 0.363. The maximum atomic E-state index is 5.94. The van der Waals surface area contributed by atoms with Crippen LogP contribution in [0.2, 0.25) is 0 Å². The van der Waals surface area contributed by atoms with Gasteiger partial charge in [-0.3, -0.25) is 4.90 Å². The minimum Gasteiger partial charge on any atom is -0.370 e. The van der Waals surface area contributed by atoms with E-state index >= 15 is 0 Å². The van der Waals surface area contributed by atoms with Gasteiger partial charge in [0.2, 0.25) is 0 Å². The highest BCUT2D eigenvalue weighted by Crippen LogP contribution is 2.30. The molecule has 0 bridgehead atoms. The van der Waals surface area contributed by atoms with E-state index in [9.17, 15) is 0 Å². The highest BCUT2D eigenvalue weighted by atomic mass is 15.2. The molecule has 1 aromatic carbocycles. The van der Waals surface area contributed by atoms with Gasteiger partial charge in [0.1, 0.15) is 0 Å². The third-order valence-corrected chi connectivity index (χ3v) is 3.63. The van der Waals surface area contributed by atoms with Crippen molar-refractivity contribution in [2.45, 2.75) is 31.3 Å². The van der Waals surface area contributed by atoms with Crippen LogP contribution in [0, 0.1) is 0 Å². The standard InChI is InChI=1S/C14H20N4/c15-14(16-11-4-2-1-3-5-11)17-12-8-9-18(10-12)13-6-7-13/h1-5,12-13H,6-10H2,(H3,15,16,17). The summed E-state index contributed by atoms with van der Waals surface area (Å²) >= 11 is 0. The Morgan fingerprint density at radius 2 is 2.00 bits per heavy atom. The molecule has 1 saturated heterocycles. The quantitative estimate of drug-likeness (QED) is 0.628. The van der Waals surface area contributed by atoms with E-state index in [-0.39, 0.29) is 0 Å². The zero-order chi connectivity index (χ0) is 12.4. The van der Waals surface area contributed by atoms with Crippen LogP contribution in [0.1, 0.15) is 19.3 Å². The van der Waals surface area contributed by atoms with Crippen LogP contribution in [0.25, 0.3) is 0 Å². The van der Waals surface area contributed by atoms with Gasteiger partial charge in [0, 0.05) is 24.8 Å². The average molecular weight is 244 g/mol. The number of anilines is 1. The van der Waals surface area contributed by atoms with Crippen molar-refractivity contribution in [1.29, 1.82) is 0 Å². The van der Waals surface area contributed by atoms with Crippen molar-refractivity contribution in [3.63, 3.8) is 0 Å². The number of nitrogens with zero attached hydrogens (tertiary/aromatic N) is 2. The number of aliphatic imine (C=N–C) groups is 1. The lowest BCUT2D eigenvalue weighted by molar-refractivity contribution is 0.324. The topological polar surface area (TPSA) is 53.6 Å². The molecular weight excluding hydrogens is 224 g/mol. The SMILES string of the molecule is NC(=NC1CCN(C2CC2)C1)Nc1ccccc1. The van der Waals surface area contributed by atoms with Crippen molar-refractivity contribution in [3.8, 4) is 0 Å². The smallest absolute Gasteiger partial charge is 0.193 e. The third-order valence-electron chi connectivity index (χ3n) is 3.63. The molecule has 1 heterocycles. The van der Waals surface area contributed by atoms with Crippen LogP contribution in [-0.2, 0) is 0 Å². The number of benzene rings is 1. The fourth-order valence-corrected chi connectivity index (χ4v) is 2.54. The van der Waals surface area contributed by atoms with Crippen molar-refractivity contribution >= 4 is 11.6 Å². The zero-order valence-corrected chi connectivity index (χ0v) is 10.5. The molecule has 0 spiro atoms. The van der Waals surface area contributed by atoms with Gasteiger partial charge in [-0.25, -0.2) is 4.99 Å². The molecule has 1 aliphatic heterocycles. The Labute approximate surface area is 108 Å². The molecule has 1 unspecified atom stereocenters. The van der Waals surface area contributed by atoms with E-state index in [0.29, 0.717) is 12.0 Å². The molecule has 2 aliphatic rings. The van der Waals surface area contributed by atoms with Crippen LogP contribution < -0.4 is 11.1 Å². The van der Waals surface area contributed by atoms with Crippen molar-refractivity contribution in [3.05, 3.63) is 30.3 Å². The number of rotatable bonds is 3. The first-order valence-corrected chi connectivity index (χ1v) is 6.70. The maximum absolute atomic E-state index is 5.94. The maximum Gasteiger partial charge on any atom is 0.193 e. The summed E-state index contributed by atoms with van der Waals surface area (Å²) in [5.41, 5.74) is 6.94. The van der Waals surface area contributed by atoms with Crippen LogP contribution in [0.5, 0.6) is 0 Å². The van der Waals surface area contributed by atoms with Crippen LogP contribution in [0.15, 0.2) is 35.3 Å². The Morgan fingerprint density at radius 3 is 2.72 bits per heavy atom. The third kappa shape index (κ3) is 2.82. The monoisotopic (exact) mass is 244 g/mol. The number of hydrogen-bond acceptors (Lipinski definition) is 2. The predicted molar refractivity (Wildman–Crippen MR) is 74.7 cm³/mol. The molecule has 4 heteroatoms. The molecule has 3 rings (SSSR count). The second-order valence-corrected chi connectivity index (χ2v) is 5.17. The number of likely N-dealkylation sites (tertiary alicyclic amines) is 1. The number of hydrogen-bond donors (Lipinski definition) is 2. The molecule has 1 atom stereocenters. The Hall–Kier alpha value is -1.55. The molecule has 96 valence electrons. The van der Waals surface area contributed by atoms with Gasteiger partial charge in [-0.15, -0.1) is 0 Å². The average Bonchev–Trinajstić information content (AvgIpc) is 3.12. The number of nitrogens with one attached hydrogen (secondary N) is 1. The van der Waals surface area contributed by atoms with Crippen LogP contribution in [0.3, 0.4) is 0 Å². The van der Waals surface area contributed by atoms with E-state index < -0.39 is 0 Å². The molecule has 1 aliphatic carbocycles. The zero-order valence-electron chi connectivity index (χ0n) is 10.5. The van der Waals surface area contributed by atoms with Gasteiger partial charge in [-0.2, -0.15) is 0 Å². The minimum absolute atomic E-state index is 0.363. The fraction of sp³-hybridized carbons (Fsp3) is 0.500. The molecule has 4 nitrogen and oxygen atoms in total. The van der Waals surface area contributed by atoms with Gasteiger partial charge in [0.15, 0.2) is 5.96 Å². The van der Waals surface area contributed by atoms with Gasteiger partial charge in [0.05, 0.1) is 6.04 Å². The fourth-order valence-electron chi connectivity index (χ4n) is 2.54. The Morgan fingerprint density at radius 1 is 1.22 bits per heavy atom. The summed E-state index contributed by atoms with van der Waals surface area (Å²) in [7, 11) is 0. The molecular formula is C14H20N4. The summed E-state index contributed by atoms with van der Waals surface area (Å²) in [6, 6.07) is 11.2. The van der Waals surface area contributed by atoms with Gasteiger partial charge >= 0.3 is 0 Å². The normalized spacial score (nSPS) is 25.3. The van der Waals surface area contributed by atoms with E-state index in [1.54, 1.807) is 0 Å². The van der Waals surface area contributed by atoms with Crippen molar-refractivity contribution in [2.75, 3.05) is 18.4 Å². The summed E-state index contributed by atoms with van der Waals surface area (Å²) in [6.45, 7) is 2.25. The molecule has 1 aromatic rings. The summed E-state index contributed by atoms with van der Waals surface area (Å²) in [6.07, 6.45) is 3.87. The first-order valence-electron chi connectivity index (χ1n) is 6.70. The Kier molecular flexibility index (Phi) is 3.19. The first kappa shape index (κ1) is 11.5. The molecule has 18 heavy (non-hydrogen) atoms. The number of nitrogens with two attached hydrogens (primary N) is 1. The van der Waals surface area contributed by atoms with E-state index in [1.807, 2.05) is 30.3 Å². The summed E-state index contributed by atoms with van der Waals surface area (Å²) < 4.78 is 0. The molecule has 2 fully saturated rings. The van der Waals surface area contributed by atoms with Gasteiger partial charge < -0.3 is 11.1 Å². The van der Waals surface area contributed by atoms with Crippen molar-refractivity contribution in [2.24, 2.45) is 10.7 Å². The molecule has 3 N–H and O–H groups in total. The second-order valence-electron chi connectivity index (χ2n) is 5.17. The number of para-hydroxylation sites is 1. The van der Waals surface area contributed by atoms with E-state index in [1.165, 1.54) is 19.4 Å². The van der Waals surface area contributed by atoms with Crippen molar-refractivity contribution < 1.29 is 0 Å². The molecule has 0 radical (unpaired) electrons. The van der Waals surface area contributed by atoms with E-state index in [2.05, 4.69) is 15.2 Å². The second kappa shape index (κ2) is 4.98. The highest BCUT2D eigenvalue weighted by molar-refractivity contribution is 5.92. The lowest BCUT2D eigenvalue weighted by Crippen LogP contribution is -2.27. The largest absolute Gasteiger partial charge is 0.370 e. The summed E-state index contributed by atoms with van der Waals surface area (Å²) in [5.74, 6) is 0.531. The van der Waals surface area contributed by atoms with Gasteiger partial charge in [0.25, 0.3) is 0 Å². The molecule has 0 amide bonds. The lowest BCUT2D eigenvalue weighted by Gasteiger charge is -2.13. The Bertz CT molecular complexity index is 425. The summed E-state index contributed by atoms with van der Waals surface area (Å²) in [5, 5.41) is 3.14. The molecule has 1 saturated carbocycles. The van der Waals surface area contributed by atoms with Crippen LogP contribution in [-0.4, -0.2) is 36.0 Å². The van der Waals surface area contributed by atoms with Crippen LogP contribution >= 0.6 is 0 Å². The van der Waals surface area contributed by atoms with Gasteiger partial charge in [-0.1, -0.05) is 18.2 Å². The number of guanidine groups is 1. The van der Waals surface area contributed by atoms with E-state index in [4.69, 9.17) is 5.73 Å². The highest BCUT2D eigenvalue weighted by Gasteiger charge is 2.34. The Balaban J connectivity index is 1.55. The predicted octanol–water partition coefficient (Wildman–Crippen LogP) is 1.65. The van der Waals surface area contributed by atoms with Crippen molar-refractivity contribution in [1.82, 2.24) is 4.90 Å². The summed E-state index contributed by atoms with van der Waals surface area (Å²) in [4.78, 5) is 7.12. The van der Waals surface area contributed by atoms with E-state index in [0.717, 1.165) is 24.7 Å². The van der Waals surface area contributed by atoms with Gasteiger partial charge in [-0.05, 0) is 31.4 Å². The lowest BCUT2D eigenvalue weighted by atomic mass is 10.3. The van der Waals surface area contributed by atoms with Crippen LogP contribution in [0.4, 0.5) is 5.69 Å². The molecule has 0 aromatic heterocycles. The first-order chi connectivity index (χ1) is 8.81.